The number of benzene rings is 1. The first-order valence-corrected chi connectivity index (χ1v) is 6.65. The van der Waals surface area contributed by atoms with Gasteiger partial charge in [-0.25, -0.2) is 4.79 Å². The quantitative estimate of drug-likeness (QED) is 0.637. The lowest BCUT2D eigenvalue weighted by Crippen LogP contribution is -2.14. The maximum absolute atomic E-state index is 11.8. The van der Waals surface area contributed by atoms with Crippen LogP contribution in [-0.2, 0) is 0 Å². The molecule has 0 N–H and O–H groups in total. The molecule has 3 rings (SSSR count). The van der Waals surface area contributed by atoms with Crippen molar-refractivity contribution in [2.45, 2.75) is 0 Å². The Morgan fingerprint density at radius 1 is 1.22 bits per heavy atom. The molecular weight excluding hydrogens is 270 g/mol. The molecule has 0 aliphatic rings. The van der Waals surface area contributed by atoms with Crippen molar-refractivity contribution in [1.29, 1.82) is 0 Å². The summed E-state index contributed by atoms with van der Waals surface area (Å²) in [5.74, 6) is 0. The number of halogens is 1. The van der Waals surface area contributed by atoms with Gasteiger partial charge in [-0.2, -0.15) is 0 Å². The Labute approximate surface area is 112 Å². The maximum Gasteiger partial charge on any atom is 0.357 e. The van der Waals surface area contributed by atoms with E-state index < -0.39 is 5.63 Å². The predicted molar refractivity (Wildman–Crippen MR) is 77.2 cm³/mol. The minimum Gasteiger partial charge on any atom is -0.421 e. The lowest BCUT2D eigenvalue weighted by atomic mass is 10.1. The van der Waals surface area contributed by atoms with Gasteiger partial charge < -0.3 is 9.32 Å². The number of anilines is 1. The molecule has 0 radical (unpaired) electrons. The summed E-state index contributed by atoms with van der Waals surface area (Å²) in [7, 11) is 3.72. The molecule has 2 aromatic heterocycles. The van der Waals surface area contributed by atoms with Gasteiger partial charge in [0.05, 0.1) is 5.69 Å². The molecule has 0 amide bonds. The Balaban J connectivity index is 2.60. The zero-order valence-electron chi connectivity index (χ0n) is 9.86. The zero-order chi connectivity index (χ0) is 12.9. The summed E-state index contributed by atoms with van der Waals surface area (Å²) in [5, 5.41) is 3.92. The summed E-state index contributed by atoms with van der Waals surface area (Å²) in [5.41, 5.74) is 0.814. The van der Waals surface area contributed by atoms with E-state index in [1.54, 1.807) is 11.3 Å². The van der Waals surface area contributed by atoms with Gasteiger partial charge in [0.25, 0.3) is 0 Å². The van der Waals surface area contributed by atoms with Crippen LogP contribution in [0.4, 0.5) is 5.69 Å². The highest BCUT2D eigenvalue weighted by Gasteiger charge is 2.16. The van der Waals surface area contributed by atoms with Gasteiger partial charge in [-0.05, 0) is 23.6 Å². The Morgan fingerprint density at radius 3 is 2.72 bits per heavy atom. The molecule has 18 heavy (non-hydrogen) atoms. The maximum atomic E-state index is 11.8. The topological polar surface area (TPSA) is 33.5 Å². The second kappa shape index (κ2) is 4.00. The Kier molecular flexibility index (Phi) is 2.57. The monoisotopic (exact) mass is 279 g/mol. The van der Waals surface area contributed by atoms with Crippen molar-refractivity contribution < 1.29 is 4.42 Å². The predicted octanol–water partition coefficient (Wildman–Crippen LogP) is 3.73. The van der Waals surface area contributed by atoms with Crippen LogP contribution in [0.2, 0.25) is 5.02 Å². The van der Waals surface area contributed by atoms with Crippen LogP contribution in [0.1, 0.15) is 0 Å². The molecule has 0 atom stereocenters. The first kappa shape index (κ1) is 11.6. The number of fused-ring (bicyclic) bond motifs is 3. The minimum atomic E-state index is -0.494. The fourth-order valence-electron chi connectivity index (χ4n) is 2.10. The third kappa shape index (κ3) is 1.53. The highest BCUT2D eigenvalue weighted by atomic mass is 35.5. The molecule has 0 spiro atoms. The van der Waals surface area contributed by atoms with Crippen LogP contribution in [0.15, 0.2) is 32.8 Å². The van der Waals surface area contributed by atoms with E-state index in [1.165, 1.54) is 0 Å². The lowest BCUT2D eigenvalue weighted by molar-refractivity contribution is 0.564. The molecule has 5 heteroatoms. The van der Waals surface area contributed by atoms with Gasteiger partial charge in [-0.1, -0.05) is 11.6 Å². The van der Waals surface area contributed by atoms with E-state index in [4.69, 9.17) is 16.0 Å². The van der Waals surface area contributed by atoms with E-state index in [0.717, 1.165) is 15.5 Å². The molecule has 1 aromatic carbocycles. The zero-order valence-corrected chi connectivity index (χ0v) is 11.4. The Hall–Kier alpha value is -1.52. The van der Waals surface area contributed by atoms with Crippen molar-refractivity contribution in [2.24, 2.45) is 0 Å². The third-order valence-electron chi connectivity index (χ3n) is 2.87. The highest BCUT2D eigenvalue weighted by molar-refractivity contribution is 7.17. The summed E-state index contributed by atoms with van der Waals surface area (Å²) in [4.78, 5) is 13.6. The minimum absolute atomic E-state index is 0.127. The summed E-state index contributed by atoms with van der Waals surface area (Å²) < 4.78 is 6.44. The summed E-state index contributed by atoms with van der Waals surface area (Å²) >= 11 is 7.66. The van der Waals surface area contributed by atoms with Crippen LogP contribution in [0.25, 0.3) is 21.1 Å². The SMILES string of the molecule is CN(C)c1c(Cl)c(=O)oc2c1ccc1sccc12. The molecule has 0 unspecified atom stereocenters. The fraction of sp³-hybridized carbons (Fsp3) is 0.154. The van der Waals surface area contributed by atoms with Crippen LogP contribution < -0.4 is 10.5 Å². The number of rotatable bonds is 1. The van der Waals surface area contributed by atoms with Gasteiger partial charge >= 0.3 is 5.63 Å². The van der Waals surface area contributed by atoms with E-state index in [1.807, 2.05) is 42.6 Å². The molecular formula is C13H10ClNO2S. The van der Waals surface area contributed by atoms with Gasteiger partial charge in [-0.15, -0.1) is 11.3 Å². The molecule has 0 fully saturated rings. The van der Waals surface area contributed by atoms with Crippen LogP contribution in [0.5, 0.6) is 0 Å². The van der Waals surface area contributed by atoms with Crippen molar-refractivity contribution in [2.75, 3.05) is 19.0 Å². The Morgan fingerprint density at radius 2 is 2.00 bits per heavy atom. The Bertz CT molecular complexity index is 804. The van der Waals surface area contributed by atoms with Crippen LogP contribution >= 0.6 is 22.9 Å². The molecule has 0 saturated carbocycles. The van der Waals surface area contributed by atoms with Gasteiger partial charge in [0.1, 0.15) is 10.6 Å². The molecule has 3 nitrogen and oxygen atoms in total. The van der Waals surface area contributed by atoms with E-state index in [0.29, 0.717) is 11.3 Å². The second-order valence-corrected chi connectivity index (χ2v) is 5.55. The summed E-state index contributed by atoms with van der Waals surface area (Å²) in [6, 6.07) is 5.92. The number of nitrogens with zero attached hydrogens (tertiary/aromatic N) is 1. The number of thiophene rings is 1. The largest absolute Gasteiger partial charge is 0.421 e. The van der Waals surface area contributed by atoms with Gasteiger partial charge in [0.15, 0.2) is 0 Å². The molecule has 2 heterocycles. The van der Waals surface area contributed by atoms with Crippen molar-refractivity contribution in [3.05, 3.63) is 39.0 Å². The van der Waals surface area contributed by atoms with Crippen molar-refractivity contribution in [3.8, 4) is 0 Å². The summed E-state index contributed by atoms with van der Waals surface area (Å²) in [6.07, 6.45) is 0. The van der Waals surface area contributed by atoms with E-state index >= 15 is 0 Å². The fourth-order valence-corrected chi connectivity index (χ4v) is 3.20. The molecule has 92 valence electrons. The van der Waals surface area contributed by atoms with Crippen LogP contribution in [0.3, 0.4) is 0 Å². The summed E-state index contributed by atoms with van der Waals surface area (Å²) in [6.45, 7) is 0. The highest BCUT2D eigenvalue weighted by Crippen LogP contribution is 2.35. The van der Waals surface area contributed by atoms with E-state index in [9.17, 15) is 4.79 Å². The average molecular weight is 280 g/mol. The van der Waals surface area contributed by atoms with Crippen LogP contribution in [0, 0.1) is 0 Å². The molecule has 0 saturated heterocycles. The normalized spacial score (nSPS) is 11.3. The van der Waals surface area contributed by atoms with E-state index in [-0.39, 0.29) is 5.02 Å². The first-order valence-electron chi connectivity index (χ1n) is 5.39. The number of hydrogen-bond acceptors (Lipinski definition) is 4. The van der Waals surface area contributed by atoms with Gasteiger partial charge in [0, 0.05) is 29.6 Å². The van der Waals surface area contributed by atoms with Crippen molar-refractivity contribution in [3.63, 3.8) is 0 Å². The second-order valence-electron chi connectivity index (χ2n) is 4.22. The molecule has 0 aliphatic heterocycles. The average Bonchev–Trinajstić information content (AvgIpc) is 2.78. The number of hydrogen-bond donors (Lipinski definition) is 0. The first-order chi connectivity index (χ1) is 8.59. The third-order valence-corrected chi connectivity index (χ3v) is 4.09. The lowest BCUT2D eigenvalue weighted by Gasteiger charge is -2.16. The molecule has 0 aliphatic carbocycles. The smallest absolute Gasteiger partial charge is 0.357 e. The van der Waals surface area contributed by atoms with Gasteiger partial charge in [0.2, 0.25) is 0 Å². The molecule has 3 aromatic rings. The van der Waals surface area contributed by atoms with Gasteiger partial charge in [-0.3, -0.25) is 0 Å². The molecule has 0 bridgehead atoms. The van der Waals surface area contributed by atoms with Crippen molar-refractivity contribution >= 4 is 49.7 Å². The van der Waals surface area contributed by atoms with Crippen LogP contribution in [-0.4, -0.2) is 14.1 Å². The van der Waals surface area contributed by atoms with E-state index in [2.05, 4.69) is 0 Å². The van der Waals surface area contributed by atoms with Crippen molar-refractivity contribution in [1.82, 2.24) is 0 Å². The standard InChI is InChI=1S/C13H10ClNO2S/c1-15(2)11-8-3-4-9-7(5-6-18-9)12(8)17-13(16)10(11)14/h3-6H,1-2H3.